The lowest BCUT2D eigenvalue weighted by Crippen LogP contribution is -2.12. The summed E-state index contributed by atoms with van der Waals surface area (Å²) in [7, 11) is -3.19. The first-order valence-corrected chi connectivity index (χ1v) is 6.54. The number of hydrogen-bond acceptors (Lipinski definition) is 4. The Bertz CT molecular complexity index is 508. The van der Waals surface area contributed by atoms with Crippen molar-refractivity contribution in [2.24, 2.45) is 0 Å². The summed E-state index contributed by atoms with van der Waals surface area (Å²) in [5, 5.41) is 0. The van der Waals surface area contributed by atoms with E-state index in [1.807, 2.05) is 0 Å². The van der Waals surface area contributed by atoms with Crippen LogP contribution in [0.5, 0.6) is 0 Å². The molecule has 7 heteroatoms. The Morgan fingerprint density at radius 3 is 2.28 bits per heavy atom. The van der Waals surface area contributed by atoms with Gasteiger partial charge in [0, 0.05) is 13.5 Å². The van der Waals surface area contributed by atoms with Crippen LogP contribution in [-0.4, -0.2) is 33.7 Å². The third kappa shape index (κ3) is 3.58. The third-order valence-corrected chi connectivity index (χ3v) is 3.59. The highest BCUT2D eigenvalue weighted by atomic mass is 32.2. The van der Waals surface area contributed by atoms with E-state index in [1.165, 1.54) is 19.2 Å². The molecule has 0 unspecified atom stereocenters. The van der Waals surface area contributed by atoms with Crippen LogP contribution in [0.15, 0.2) is 29.2 Å². The number of ketones is 1. The number of carbonyl (C=O) groups excluding carboxylic acids is 1. The number of rotatable bonds is 6. The summed E-state index contributed by atoms with van der Waals surface area (Å²) in [5.74, 6) is -3.62. The fourth-order valence-electron chi connectivity index (χ4n) is 1.34. The van der Waals surface area contributed by atoms with Gasteiger partial charge in [-0.25, -0.2) is 8.42 Å². The van der Waals surface area contributed by atoms with E-state index in [-0.39, 0.29) is 18.8 Å². The summed E-state index contributed by atoms with van der Waals surface area (Å²) in [6.45, 7) is -0.0446. The Labute approximate surface area is 103 Å². The van der Waals surface area contributed by atoms with Crippen LogP contribution in [0, 0.1) is 0 Å². The van der Waals surface area contributed by atoms with Gasteiger partial charge in [0.1, 0.15) is 6.61 Å². The van der Waals surface area contributed by atoms with Crippen molar-refractivity contribution >= 4 is 15.6 Å². The molecule has 1 aromatic rings. The van der Waals surface area contributed by atoms with E-state index in [1.54, 1.807) is 0 Å². The van der Waals surface area contributed by atoms with E-state index in [0.29, 0.717) is 5.56 Å². The number of alkyl halides is 2. The number of sulfone groups is 1. The van der Waals surface area contributed by atoms with Crippen LogP contribution in [0.2, 0.25) is 0 Å². The highest BCUT2D eigenvalue weighted by Gasteiger charge is 2.26. The zero-order chi connectivity index (χ0) is 13.8. The second kappa shape index (κ2) is 6.01. The summed E-state index contributed by atoms with van der Waals surface area (Å²) in [6.07, 6.45) is 0.0723. The Morgan fingerprint density at radius 1 is 1.28 bits per heavy atom. The van der Waals surface area contributed by atoms with Gasteiger partial charge in [-0.1, -0.05) is 12.1 Å². The second-order valence-electron chi connectivity index (χ2n) is 3.60. The van der Waals surface area contributed by atoms with Crippen molar-refractivity contribution in [2.75, 3.05) is 13.7 Å². The van der Waals surface area contributed by atoms with Gasteiger partial charge < -0.3 is 4.74 Å². The number of Topliss-reactive ketones (excluding diaryl/α,β-unsaturated/α-hetero) is 1. The molecule has 0 fully saturated rings. The Morgan fingerprint density at radius 2 is 1.83 bits per heavy atom. The smallest absolute Gasteiger partial charge is 0.341 e. The Kier molecular flexibility index (Phi) is 4.92. The second-order valence-corrected chi connectivity index (χ2v) is 5.52. The van der Waals surface area contributed by atoms with E-state index in [9.17, 15) is 22.0 Å². The summed E-state index contributed by atoms with van der Waals surface area (Å²) in [4.78, 5) is 10.8. The maximum atomic E-state index is 12.3. The number of hydrogen-bond donors (Lipinski definition) is 0. The molecule has 0 bridgehead atoms. The van der Waals surface area contributed by atoms with Crippen molar-refractivity contribution in [2.45, 2.75) is 17.1 Å². The first kappa shape index (κ1) is 14.7. The minimum Gasteiger partial charge on any atom is -0.377 e. The average molecular weight is 278 g/mol. The van der Waals surface area contributed by atoms with Gasteiger partial charge in [-0.3, -0.25) is 4.79 Å². The number of halogens is 2. The minimum absolute atomic E-state index is 0.0446. The molecule has 0 aliphatic heterocycles. The topological polar surface area (TPSA) is 60.4 Å². The van der Waals surface area contributed by atoms with Crippen molar-refractivity contribution in [1.82, 2.24) is 0 Å². The molecular formula is C11H12F2O4S. The maximum absolute atomic E-state index is 12.3. The molecule has 0 aliphatic rings. The summed E-state index contributed by atoms with van der Waals surface area (Å²) < 4.78 is 51.4. The van der Waals surface area contributed by atoms with Crippen molar-refractivity contribution in [3.8, 4) is 0 Å². The van der Waals surface area contributed by atoms with Crippen LogP contribution in [0.1, 0.15) is 5.56 Å². The van der Waals surface area contributed by atoms with E-state index in [0.717, 1.165) is 12.1 Å². The molecular weight excluding hydrogens is 266 g/mol. The monoisotopic (exact) mass is 278 g/mol. The summed E-state index contributed by atoms with van der Waals surface area (Å²) >= 11 is 0. The normalized spacial score (nSPS) is 11.8. The van der Waals surface area contributed by atoms with Crippen molar-refractivity contribution in [3.05, 3.63) is 29.8 Å². The molecule has 0 spiro atoms. The molecule has 0 aliphatic carbocycles. The third-order valence-electron chi connectivity index (χ3n) is 2.19. The zero-order valence-electron chi connectivity index (χ0n) is 9.60. The molecule has 100 valence electrons. The molecule has 0 atom stereocenters. The molecule has 0 saturated heterocycles. The Balaban J connectivity index is 2.84. The lowest BCUT2D eigenvalue weighted by molar-refractivity contribution is -0.121. The van der Waals surface area contributed by atoms with Gasteiger partial charge in [-0.05, 0) is 17.7 Å². The van der Waals surface area contributed by atoms with Crippen LogP contribution in [-0.2, 0) is 25.8 Å². The van der Waals surface area contributed by atoms with E-state index >= 15 is 0 Å². The average Bonchev–Trinajstić information content (AvgIpc) is 2.29. The van der Waals surface area contributed by atoms with Crippen LogP contribution in [0.3, 0.4) is 0 Å². The molecule has 0 radical (unpaired) electrons. The summed E-state index contributed by atoms with van der Waals surface area (Å²) in [6, 6.07) is 4.81. The van der Waals surface area contributed by atoms with Crippen LogP contribution >= 0.6 is 0 Å². The van der Waals surface area contributed by atoms with Gasteiger partial charge in [-0.2, -0.15) is 8.78 Å². The van der Waals surface area contributed by atoms with Gasteiger partial charge in [0.2, 0.25) is 9.84 Å². The first-order valence-electron chi connectivity index (χ1n) is 4.99. The Hall–Kier alpha value is -1.34. The van der Waals surface area contributed by atoms with E-state index in [4.69, 9.17) is 0 Å². The molecule has 4 nitrogen and oxygen atoms in total. The fraction of sp³-hybridized carbons (Fsp3) is 0.364. The van der Waals surface area contributed by atoms with Gasteiger partial charge >= 0.3 is 5.76 Å². The van der Waals surface area contributed by atoms with Gasteiger partial charge in [-0.15, -0.1) is 0 Å². The number of methoxy groups -OCH3 is 1. The molecule has 1 aromatic carbocycles. The lowest BCUT2D eigenvalue weighted by Gasteiger charge is -2.04. The van der Waals surface area contributed by atoms with Crippen LogP contribution < -0.4 is 0 Å². The number of carbonyl (C=O) groups is 1. The van der Waals surface area contributed by atoms with Crippen molar-refractivity contribution in [3.63, 3.8) is 0 Å². The highest BCUT2D eigenvalue weighted by molar-refractivity contribution is 7.91. The minimum atomic E-state index is -4.58. The SMILES string of the molecule is COCC(=O)Cc1ccc(S(=O)(=O)C(F)F)cc1. The molecule has 0 heterocycles. The predicted molar refractivity (Wildman–Crippen MR) is 60.2 cm³/mol. The molecule has 0 aromatic heterocycles. The number of ether oxygens (including phenoxy) is 1. The van der Waals surface area contributed by atoms with Crippen molar-refractivity contribution < 1.29 is 26.7 Å². The largest absolute Gasteiger partial charge is 0.377 e. The summed E-state index contributed by atoms with van der Waals surface area (Å²) in [5.41, 5.74) is 0.547. The maximum Gasteiger partial charge on any atom is 0.341 e. The van der Waals surface area contributed by atoms with Gasteiger partial charge in [0.05, 0.1) is 4.90 Å². The zero-order valence-corrected chi connectivity index (χ0v) is 10.4. The van der Waals surface area contributed by atoms with E-state index < -0.39 is 20.5 Å². The fourth-order valence-corrected chi connectivity index (χ4v) is 2.06. The predicted octanol–water partition coefficient (Wildman–Crippen LogP) is 1.44. The van der Waals surface area contributed by atoms with Gasteiger partial charge in [0.15, 0.2) is 5.78 Å². The van der Waals surface area contributed by atoms with Crippen LogP contribution in [0.4, 0.5) is 8.78 Å². The molecule has 0 saturated carbocycles. The molecule has 0 amide bonds. The van der Waals surface area contributed by atoms with Crippen molar-refractivity contribution in [1.29, 1.82) is 0 Å². The lowest BCUT2D eigenvalue weighted by atomic mass is 10.1. The van der Waals surface area contributed by atoms with Gasteiger partial charge in [0.25, 0.3) is 0 Å². The quantitative estimate of drug-likeness (QED) is 0.790. The molecule has 0 N–H and O–H groups in total. The molecule has 1 rings (SSSR count). The van der Waals surface area contributed by atoms with Crippen LogP contribution in [0.25, 0.3) is 0 Å². The standard InChI is InChI=1S/C11H12F2O4S/c1-17-7-9(14)6-8-2-4-10(5-3-8)18(15,16)11(12)13/h2-5,11H,6-7H2,1H3. The number of benzene rings is 1. The molecule has 18 heavy (non-hydrogen) atoms. The first-order chi connectivity index (χ1) is 8.37. The highest BCUT2D eigenvalue weighted by Crippen LogP contribution is 2.18. The van der Waals surface area contributed by atoms with E-state index in [2.05, 4.69) is 4.74 Å².